The van der Waals surface area contributed by atoms with Crippen LogP contribution in [-0.4, -0.2) is 26.3 Å². The largest absolute Gasteiger partial charge is 0.368 e. The maximum absolute atomic E-state index is 13.8. The first kappa shape index (κ1) is 15.1. The molecule has 0 aliphatic rings. The minimum atomic E-state index is -0.747. The Hall–Kier alpha value is -2.25. The molecule has 1 unspecified atom stereocenters. The molecule has 0 aliphatic carbocycles. The lowest BCUT2D eigenvalue weighted by Gasteiger charge is -2.15. The van der Waals surface area contributed by atoms with Gasteiger partial charge in [-0.3, -0.25) is 0 Å². The first-order chi connectivity index (χ1) is 10.0. The van der Waals surface area contributed by atoms with Crippen molar-refractivity contribution in [3.8, 4) is 0 Å². The molecule has 114 valence electrons. The average Bonchev–Trinajstić information content (AvgIpc) is 2.86. The van der Waals surface area contributed by atoms with Crippen LogP contribution in [0.5, 0.6) is 0 Å². The van der Waals surface area contributed by atoms with E-state index in [4.69, 9.17) is 0 Å². The van der Waals surface area contributed by atoms with Crippen LogP contribution in [0.15, 0.2) is 12.4 Å². The van der Waals surface area contributed by atoms with Crippen LogP contribution in [0.3, 0.4) is 0 Å². The second-order valence-corrected chi connectivity index (χ2v) is 4.74. The minimum absolute atomic E-state index is 0.0227. The number of halogens is 2. The molecule has 0 aliphatic heterocycles. The van der Waals surface area contributed by atoms with E-state index in [-0.39, 0.29) is 17.7 Å². The summed E-state index contributed by atoms with van der Waals surface area (Å²) < 4.78 is 29.1. The summed E-state index contributed by atoms with van der Waals surface area (Å²) in [6, 6.07) is 0.500. The summed E-state index contributed by atoms with van der Waals surface area (Å²) in [5, 5.41) is 13.4. The molecule has 0 fully saturated rings. The van der Waals surface area contributed by atoms with Crippen molar-refractivity contribution in [3.05, 3.63) is 29.9 Å². The van der Waals surface area contributed by atoms with Crippen molar-refractivity contribution in [2.45, 2.75) is 26.3 Å². The van der Waals surface area contributed by atoms with Gasteiger partial charge in [0.2, 0.25) is 0 Å². The molecule has 1 atom stereocenters. The first-order valence-electron chi connectivity index (χ1n) is 6.73. The molecule has 0 saturated heterocycles. The van der Waals surface area contributed by atoms with Gasteiger partial charge in [-0.2, -0.15) is 0 Å². The van der Waals surface area contributed by atoms with Crippen molar-refractivity contribution in [2.75, 3.05) is 17.2 Å². The van der Waals surface area contributed by atoms with Gasteiger partial charge in [-0.25, -0.2) is 13.8 Å². The lowest BCUT2D eigenvalue weighted by Crippen LogP contribution is -2.15. The normalized spacial score (nSPS) is 12.2. The zero-order valence-corrected chi connectivity index (χ0v) is 12.2. The Morgan fingerprint density at radius 3 is 2.62 bits per heavy atom. The Morgan fingerprint density at radius 1 is 1.29 bits per heavy atom. The van der Waals surface area contributed by atoms with Gasteiger partial charge in [-0.05, 0) is 13.3 Å². The number of rotatable bonds is 6. The second kappa shape index (κ2) is 6.47. The second-order valence-electron chi connectivity index (χ2n) is 4.74. The van der Waals surface area contributed by atoms with Gasteiger partial charge in [-0.15, -0.1) is 10.2 Å². The van der Waals surface area contributed by atoms with Gasteiger partial charge in [0.05, 0.1) is 6.04 Å². The number of nitrogens with zero attached hydrogens (tertiary/aromatic N) is 4. The fraction of sp³-hybridized carbons (Fsp3) is 0.462. The topological polar surface area (TPSA) is 67.7 Å². The van der Waals surface area contributed by atoms with Crippen LogP contribution >= 0.6 is 0 Å². The summed E-state index contributed by atoms with van der Waals surface area (Å²) in [5.41, 5.74) is 0. The number of anilines is 2. The molecule has 0 amide bonds. The number of nitrogens with one attached hydrogen (secondary N) is 2. The van der Waals surface area contributed by atoms with Gasteiger partial charge in [0.1, 0.15) is 6.33 Å². The standard InChI is InChI=1S/C13H18F2N6/c1-4-5-16-11-9(14)6-10(15)12(19-11)18-8(2)13-20-17-7-21(13)3/h6-8H,4-5H2,1-3H3,(H2,16,18,19). The zero-order valence-electron chi connectivity index (χ0n) is 12.2. The highest BCUT2D eigenvalue weighted by atomic mass is 19.1. The van der Waals surface area contributed by atoms with E-state index in [9.17, 15) is 8.78 Å². The van der Waals surface area contributed by atoms with Crippen molar-refractivity contribution in [1.82, 2.24) is 19.7 Å². The van der Waals surface area contributed by atoms with Gasteiger partial charge in [0, 0.05) is 19.7 Å². The van der Waals surface area contributed by atoms with Crippen molar-refractivity contribution in [1.29, 1.82) is 0 Å². The van der Waals surface area contributed by atoms with Crippen LogP contribution in [0.1, 0.15) is 32.1 Å². The Morgan fingerprint density at radius 2 is 2.00 bits per heavy atom. The molecule has 0 bridgehead atoms. The van der Waals surface area contributed by atoms with Gasteiger partial charge in [0.15, 0.2) is 29.1 Å². The summed E-state index contributed by atoms with van der Waals surface area (Å²) in [5.74, 6) is -0.818. The highest BCUT2D eigenvalue weighted by molar-refractivity contribution is 5.48. The third-order valence-corrected chi connectivity index (χ3v) is 2.96. The molecule has 0 spiro atoms. The molecule has 2 N–H and O–H groups in total. The lowest BCUT2D eigenvalue weighted by atomic mass is 10.3. The van der Waals surface area contributed by atoms with Crippen LogP contribution in [-0.2, 0) is 7.05 Å². The molecule has 2 aromatic heterocycles. The Kier molecular flexibility index (Phi) is 4.66. The molecule has 0 radical (unpaired) electrons. The molecule has 8 heteroatoms. The van der Waals surface area contributed by atoms with E-state index >= 15 is 0 Å². The van der Waals surface area contributed by atoms with Gasteiger partial charge in [0.25, 0.3) is 0 Å². The zero-order chi connectivity index (χ0) is 15.4. The predicted molar refractivity (Wildman–Crippen MR) is 76.0 cm³/mol. The van der Waals surface area contributed by atoms with E-state index in [0.717, 1.165) is 12.5 Å². The van der Waals surface area contributed by atoms with Crippen molar-refractivity contribution in [2.24, 2.45) is 7.05 Å². The molecular formula is C13H18F2N6. The SMILES string of the molecule is CCCNc1nc(NC(C)c2nncn2C)c(F)cc1F. The van der Waals surface area contributed by atoms with Gasteiger partial charge < -0.3 is 15.2 Å². The molecule has 21 heavy (non-hydrogen) atoms. The number of pyridine rings is 1. The van der Waals surface area contributed by atoms with Crippen molar-refractivity contribution in [3.63, 3.8) is 0 Å². The molecule has 0 aromatic carbocycles. The lowest BCUT2D eigenvalue weighted by molar-refractivity contribution is 0.574. The Balaban J connectivity index is 2.21. The molecule has 2 heterocycles. The van der Waals surface area contributed by atoms with Crippen molar-refractivity contribution >= 4 is 11.6 Å². The fourth-order valence-electron chi connectivity index (χ4n) is 1.89. The monoisotopic (exact) mass is 296 g/mol. The van der Waals surface area contributed by atoms with Crippen LogP contribution in [0.25, 0.3) is 0 Å². The van der Waals surface area contributed by atoms with E-state index in [0.29, 0.717) is 12.4 Å². The maximum atomic E-state index is 13.8. The first-order valence-corrected chi connectivity index (χ1v) is 6.73. The number of aryl methyl sites for hydroxylation is 1. The van der Waals surface area contributed by atoms with Crippen LogP contribution < -0.4 is 10.6 Å². The third-order valence-electron chi connectivity index (χ3n) is 2.96. The summed E-state index contributed by atoms with van der Waals surface area (Å²) in [7, 11) is 1.79. The summed E-state index contributed by atoms with van der Waals surface area (Å²) >= 11 is 0. The maximum Gasteiger partial charge on any atom is 0.168 e. The van der Waals surface area contributed by atoms with Gasteiger partial charge >= 0.3 is 0 Å². The van der Waals surface area contributed by atoms with Crippen LogP contribution in [0.4, 0.5) is 20.4 Å². The number of hydrogen-bond donors (Lipinski definition) is 2. The predicted octanol–water partition coefficient (Wildman–Crippen LogP) is 2.48. The summed E-state index contributed by atoms with van der Waals surface area (Å²) in [4.78, 5) is 3.96. The molecule has 2 rings (SSSR count). The molecular weight excluding hydrogens is 278 g/mol. The van der Waals surface area contributed by atoms with Crippen molar-refractivity contribution < 1.29 is 8.78 Å². The minimum Gasteiger partial charge on any atom is -0.368 e. The number of aromatic nitrogens is 4. The molecule has 0 saturated carbocycles. The molecule has 6 nitrogen and oxygen atoms in total. The van der Waals surface area contributed by atoms with E-state index in [1.165, 1.54) is 0 Å². The summed E-state index contributed by atoms with van der Waals surface area (Å²) in [6.07, 6.45) is 2.37. The fourth-order valence-corrected chi connectivity index (χ4v) is 1.89. The Labute approximate surface area is 121 Å². The highest BCUT2D eigenvalue weighted by Crippen LogP contribution is 2.22. The average molecular weight is 296 g/mol. The Bertz CT molecular complexity index is 613. The molecule has 2 aromatic rings. The summed E-state index contributed by atoms with van der Waals surface area (Å²) in [6.45, 7) is 4.31. The van der Waals surface area contributed by atoms with E-state index in [2.05, 4.69) is 25.8 Å². The van der Waals surface area contributed by atoms with Gasteiger partial charge in [-0.1, -0.05) is 6.92 Å². The smallest absolute Gasteiger partial charge is 0.168 e. The van der Waals surface area contributed by atoms with Crippen LogP contribution in [0, 0.1) is 11.6 Å². The highest BCUT2D eigenvalue weighted by Gasteiger charge is 2.16. The van der Waals surface area contributed by atoms with E-state index < -0.39 is 11.6 Å². The van der Waals surface area contributed by atoms with E-state index in [1.54, 1.807) is 24.9 Å². The third kappa shape index (κ3) is 3.45. The van der Waals surface area contributed by atoms with E-state index in [1.807, 2.05) is 6.92 Å². The number of hydrogen-bond acceptors (Lipinski definition) is 5. The quantitative estimate of drug-likeness (QED) is 0.857. The van der Waals surface area contributed by atoms with Crippen LogP contribution in [0.2, 0.25) is 0 Å².